The summed E-state index contributed by atoms with van der Waals surface area (Å²) in [5, 5.41) is 0. The van der Waals surface area contributed by atoms with Crippen LogP contribution in [0.1, 0.15) is 11.1 Å². The maximum absolute atomic E-state index is 13.7. The standard InChI is InChI=1S/C20H19BrFNO5S/c21-17-5-4-16(19(22)13-17)14-28-20(24)8-3-15-1-6-18(7-2-15)29(25,26)23-9-11-27-12-10-23/h1-8,13H,9-12,14H2/b8-3+. The van der Waals surface area contributed by atoms with Crippen molar-refractivity contribution in [1.29, 1.82) is 0 Å². The van der Waals surface area contributed by atoms with Gasteiger partial charge in [-0.3, -0.25) is 0 Å². The highest BCUT2D eigenvalue weighted by atomic mass is 79.9. The molecule has 0 aromatic heterocycles. The lowest BCUT2D eigenvalue weighted by Gasteiger charge is -2.26. The molecule has 1 fully saturated rings. The Morgan fingerprint density at radius 1 is 1.17 bits per heavy atom. The molecule has 9 heteroatoms. The summed E-state index contributed by atoms with van der Waals surface area (Å²) < 4.78 is 51.1. The van der Waals surface area contributed by atoms with Gasteiger partial charge in [-0.25, -0.2) is 17.6 Å². The minimum atomic E-state index is -3.56. The molecule has 1 aliphatic heterocycles. The Bertz CT molecular complexity index is 1000. The predicted octanol–water partition coefficient (Wildman–Crippen LogP) is 3.37. The highest BCUT2D eigenvalue weighted by Gasteiger charge is 2.25. The van der Waals surface area contributed by atoms with Crippen LogP contribution in [0.2, 0.25) is 0 Å². The van der Waals surface area contributed by atoms with Gasteiger partial charge in [-0.2, -0.15) is 4.31 Å². The summed E-state index contributed by atoms with van der Waals surface area (Å²) in [6.45, 7) is 1.24. The lowest BCUT2D eigenvalue weighted by atomic mass is 10.2. The topological polar surface area (TPSA) is 72.9 Å². The Labute approximate surface area is 177 Å². The summed E-state index contributed by atoms with van der Waals surface area (Å²) in [6, 6.07) is 10.7. The first-order chi connectivity index (χ1) is 13.9. The van der Waals surface area contributed by atoms with E-state index in [9.17, 15) is 17.6 Å². The highest BCUT2D eigenvalue weighted by molar-refractivity contribution is 9.10. The van der Waals surface area contributed by atoms with Crippen molar-refractivity contribution in [2.75, 3.05) is 26.3 Å². The van der Waals surface area contributed by atoms with Crippen LogP contribution in [-0.4, -0.2) is 45.0 Å². The normalized spacial score (nSPS) is 15.5. The molecule has 2 aromatic carbocycles. The molecule has 0 saturated carbocycles. The van der Waals surface area contributed by atoms with E-state index >= 15 is 0 Å². The van der Waals surface area contributed by atoms with Crippen molar-refractivity contribution in [3.8, 4) is 0 Å². The SMILES string of the molecule is O=C(/C=C/c1ccc(S(=O)(=O)N2CCOCC2)cc1)OCc1ccc(Br)cc1F. The molecule has 0 radical (unpaired) electrons. The summed E-state index contributed by atoms with van der Waals surface area (Å²) in [5.74, 6) is -1.09. The minimum absolute atomic E-state index is 0.182. The van der Waals surface area contributed by atoms with Crippen molar-refractivity contribution in [2.24, 2.45) is 0 Å². The minimum Gasteiger partial charge on any atom is -0.458 e. The fourth-order valence-electron chi connectivity index (χ4n) is 2.69. The van der Waals surface area contributed by atoms with Crippen LogP contribution in [0, 0.1) is 5.82 Å². The zero-order chi connectivity index (χ0) is 20.9. The molecular formula is C20H19BrFNO5S. The van der Waals surface area contributed by atoms with E-state index in [2.05, 4.69) is 15.9 Å². The van der Waals surface area contributed by atoms with E-state index in [0.29, 0.717) is 36.3 Å². The number of morpholine rings is 1. The smallest absolute Gasteiger partial charge is 0.331 e. The van der Waals surface area contributed by atoms with Gasteiger partial charge in [0.15, 0.2) is 0 Å². The number of halogens is 2. The quantitative estimate of drug-likeness (QED) is 0.465. The van der Waals surface area contributed by atoms with Crippen LogP contribution in [0.4, 0.5) is 4.39 Å². The third-order valence-corrected chi connectivity index (χ3v) is 6.69. The third-order valence-electron chi connectivity index (χ3n) is 4.28. The fourth-order valence-corrected chi connectivity index (χ4v) is 4.43. The summed E-state index contributed by atoms with van der Waals surface area (Å²) in [4.78, 5) is 12.0. The molecule has 0 N–H and O–H groups in total. The van der Waals surface area contributed by atoms with Crippen LogP contribution in [-0.2, 0) is 30.9 Å². The van der Waals surface area contributed by atoms with E-state index in [-0.39, 0.29) is 17.1 Å². The molecule has 3 rings (SSSR count). The number of hydrogen-bond donors (Lipinski definition) is 0. The Morgan fingerprint density at radius 3 is 2.52 bits per heavy atom. The van der Waals surface area contributed by atoms with E-state index in [4.69, 9.17) is 9.47 Å². The number of benzene rings is 2. The van der Waals surface area contributed by atoms with Gasteiger partial charge >= 0.3 is 5.97 Å². The van der Waals surface area contributed by atoms with Gasteiger partial charge in [0.05, 0.1) is 18.1 Å². The summed E-state index contributed by atoms with van der Waals surface area (Å²) >= 11 is 3.16. The maximum atomic E-state index is 13.7. The van der Waals surface area contributed by atoms with Crippen LogP contribution >= 0.6 is 15.9 Å². The number of carbonyl (C=O) groups excluding carboxylic acids is 1. The molecule has 0 spiro atoms. The van der Waals surface area contributed by atoms with Gasteiger partial charge in [-0.15, -0.1) is 0 Å². The number of rotatable bonds is 6. The molecule has 0 unspecified atom stereocenters. The molecule has 1 saturated heterocycles. The van der Waals surface area contributed by atoms with Crippen LogP contribution < -0.4 is 0 Å². The number of nitrogens with zero attached hydrogens (tertiary/aromatic N) is 1. The van der Waals surface area contributed by atoms with Crippen LogP contribution in [0.25, 0.3) is 6.08 Å². The van der Waals surface area contributed by atoms with E-state index < -0.39 is 21.8 Å². The number of carbonyl (C=O) groups is 1. The van der Waals surface area contributed by atoms with Crippen molar-refractivity contribution < 1.29 is 27.1 Å². The van der Waals surface area contributed by atoms with Gasteiger partial charge in [0.25, 0.3) is 0 Å². The third kappa shape index (κ3) is 5.72. The van der Waals surface area contributed by atoms with Gasteiger partial charge in [0, 0.05) is 29.2 Å². The van der Waals surface area contributed by atoms with Crippen molar-refractivity contribution in [2.45, 2.75) is 11.5 Å². The molecule has 0 aliphatic carbocycles. The first kappa shape index (κ1) is 21.6. The number of hydrogen-bond acceptors (Lipinski definition) is 5. The first-order valence-corrected chi connectivity index (χ1v) is 11.1. The van der Waals surface area contributed by atoms with E-state index in [1.807, 2.05) is 0 Å². The lowest BCUT2D eigenvalue weighted by Crippen LogP contribution is -2.40. The van der Waals surface area contributed by atoms with E-state index in [1.165, 1.54) is 40.7 Å². The Kier molecular flexibility index (Phi) is 7.18. The van der Waals surface area contributed by atoms with Gasteiger partial charge in [0.1, 0.15) is 12.4 Å². The maximum Gasteiger partial charge on any atom is 0.331 e. The summed E-state index contributed by atoms with van der Waals surface area (Å²) in [5.41, 5.74) is 0.908. The van der Waals surface area contributed by atoms with E-state index in [1.54, 1.807) is 18.2 Å². The van der Waals surface area contributed by atoms with Gasteiger partial charge in [-0.05, 0) is 35.9 Å². The summed E-state index contributed by atoms with van der Waals surface area (Å²) in [6.07, 6.45) is 2.72. The predicted molar refractivity (Wildman–Crippen MR) is 109 cm³/mol. The molecule has 0 bridgehead atoms. The molecule has 29 heavy (non-hydrogen) atoms. The molecule has 2 aromatic rings. The molecule has 6 nitrogen and oxygen atoms in total. The Hall–Kier alpha value is -2.07. The first-order valence-electron chi connectivity index (χ1n) is 8.83. The lowest BCUT2D eigenvalue weighted by molar-refractivity contribution is -0.138. The number of ether oxygens (including phenoxy) is 2. The van der Waals surface area contributed by atoms with E-state index in [0.717, 1.165) is 0 Å². The zero-order valence-electron chi connectivity index (χ0n) is 15.4. The van der Waals surface area contributed by atoms with Crippen LogP contribution in [0.3, 0.4) is 0 Å². The van der Waals surface area contributed by atoms with Crippen molar-refractivity contribution in [3.05, 3.63) is 70.0 Å². The Morgan fingerprint density at radius 2 is 1.86 bits per heavy atom. The average Bonchev–Trinajstić information content (AvgIpc) is 2.72. The summed E-state index contributed by atoms with van der Waals surface area (Å²) in [7, 11) is -3.56. The second kappa shape index (κ2) is 9.62. The monoisotopic (exact) mass is 483 g/mol. The van der Waals surface area contributed by atoms with Crippen LogP contribution in [0.15, 0.2) is 57.9 Å². The van der Waals surface area contributed by atoms with Gasteiger partial charge in [0.2, 0.25) is 10.0 Å². The number of sulfonamides is 1. The van der Waals surface area contributed by atoms with Gasteiger partial charge < -0.3 is 9.47 Å². The molecular weight excluding hydrogens is 465 g/mol. The number of esters is 1. The molecule has 0 atom stereocenters. The zero-order valence-corrected chi connectivity index (χ0v) is 17.8. The van der Waals surface area contributed by atoms with Crippen molar-refractivity contribution in [1.82, 2.24) is 4.31 Å². The second-order valence-electron chi connectivity index (χ2n) is 6.26. The Balaban J connectivity index is 1.58. The molecule has 0 amide bonds. The second-order valence-corrected chi connectivity index (χ2v) is 9.12. The van der Waals surface area contributed by atoms with Crippen molar-refractivity contribution >= 4 is 38.0 Å². The van der Waals surface area contributed by atoms with Gasteiger partial charge in [-0.1, -0.05) is 34.1 Å². The van der Waals surface area contributed by atoms with Crippen LogP contribution in [0.5, 0.6) is 0 Å². The largest absolute Gasteiger partial charge is 0.458 e. The molecule has 1 heterocycles. The molecule has 1 aliphatic rings. The highest BCUT2D eigenvalue weighted by Crippen LogP contribution is 2.19. The molecule has 154 valence electrons. The average molecular weight is 484 g/mol. The fraction of sp³-hybridized carbons (Fsp3) is 0.250. The van der Waals surface area contributed by atoms with Crippen molar-refractivity contribution in [3.63, 3.8) is 0 Å².